The van der Waals surface area contributed by atoms with E-state index >= 15 is 0 Å². The smallest absolute Gasteiger partial charge is 0.157 e. The van der Waals surface area contributed by atoms with Crippen molar-refractivity contribution in [3.63, 3.8) is 0 Å². The van der Waals surface area contributed by atoms with E-state index in [2.05, 4.69) is 45.4 Å². The van der Waals surface area contributed by atoms with Gasteiger partial charge in [0.25, 0.3) is 0 Å². The second-order valence-electron chi connectivity index (χ2n) is 4.17. The average molecular weight is 264 g/mol. The summed E-state index contributed by atoms with van der Waals surface area (Å²) in [6.45, 7) is 2.86. The van der Waals surface area contributed by atoms with Gasteiger partial charge in [-0.1, -0.05) is 42.1 Å². The summed E-state index contributed by atoms with van der Waals surface area (Å²) >= 11 is 1.65. The Bertz CT molecular complexity index is 393. The monoisotopic (exact) mass is 264 g/mol. The second-order valence-corrected chi connectivity index (χ2v) is 4.96. The van der Waals surface area contributed by atoms with E-state index in [-0.39, 0.29) is 6.17 Å². The molecule has 0 bridgehead atoms. The number of amidine groups is 1. The fourth-order valence-corrected chi connectivity index (χ4v) is 2.53. The van der Waals surface area contributed by atoms with Gasteiger partial charge in [0.05, 0.1) is 6.17 Å². The highest BCUT2D eigenvalue weighted by Gasteiger charge is 2.25. The van der Waals surface area contributed by atoms with Crippen molar-refractivity contribution in [2.24, 2.45) is 4.99 Å². The number of nitrogens with zero attached hydrogens (tertiary/aromatic N) is 1. The van der Waals surface area contributed by atoms with Crippen molar-refractivity contribution in [3.8, 4) is 0 Å². The molecule has 98 valence electrons. The van der Waals surface area contributed by atoms with E-state index in [9.17, 15) is 0 Å². The summed E-state index contributed by atoms with van der Waals surface area (Å²) in [7, 11) is 0. The van der Waals surface area contributed by atoms with E-state index in [1.165, 1.54) is 5.56 Å². The summed E-state index contributed by atoms with van der Waals surface area (Å²) in [5.74, 6) is 0. The van der Waals surface area contributed by atoms with Gasteiger partial charge in [0, 0.05) is 19.0 Å². The Morgan fingerprint density at radius 1 is 1.39 bits per heavy atom. The number of hydrazine groups is 1. The molecule has 1 heterocycles. The van der Waals surface area contributed by atoms with Gasteiger partial charge in [0.2, 0.25) is 0 Å². The van der Waals surface area contributed by atoms with Crippen molar-refractivity contribution in [1.82, 2.24) is 16.2 Å². The Morgan fingerprint density at radius 3 is 2.83 bits per heavy atom. The highest BCUT2D eigenvalue weighted by Crippen LogP contribution is 2.20. The molecule has 1 aliphatic rings. The third kappa shape index (κ3) is 3.48. The molecular formula is C13H20N4S. The van der Waals surface area contributed by atoms with Crippen LogP contribution < -0.4 is 16.2 Å². The molecule has 4 nitrogen and oxygen atoms in total. The molecule has 0 aromatic heterocycles. The maximum Gasteiger partial charge on any atom is 0.157 e. The van der Waals surface area contributed by atoms with Crippen LogP contribution in [0.2, 0.25) is 0 Å². The molecule has 1 fully saturated rings. The maximum absolute atomic E-state index is 4.40. The quantitative estimate of drug-likeness (QED) is 0.576. The Kier molecular flexibility index (Phi) is 5.04. The Hall–Kier alpha value is -1.04. The van der Waals surface area contributed by atoms with Crippen molar-refractivity contribution >= 4 is 16.9 Å². The lowest BCUT2D eigenvalue weighted by molar-refractivity contribution is 0.524. The molecule has 2 rings (SSSR count). The highest BCUT2D eigenvalue weighted by atomic mass is 32.2. The lowest BCUT2D eigenvalue weighted by Gasteiger charge is -2.14. The summed E-state index contributed by atoms with van der Waals surface area (Å²) in [6, 6.07) is 10.8. The van der Waals surface area contributed by atoms with Crippen LogP contribution in [-0.4, -0.2) is 24.1 Å². The van der Waals surface area contributed by atoms with E-state index < -0.39 is 0 Å². The van der Waals surface area contributed by atoms with Crippen LogP contribution in [0.1, 0.15) is 24.9 Å². The fraction of sp³-hybridized carbons (Fsp3) is 0.462. The predicted octanol–water partition coefficient (Wildman–Crippen LogP) is 1.88. The standard InChI is InChI=1S/C13H20N4S/c1-3-14-13(18-2)15-12-9-11(16-17-12)10-7-5-4-6-8-10/h4-8,11-12,16-17H,3,9H2,1-2H3,(H,14,15). The zero-order valence-electron chi connectivity index (χ0n) is 10.8. The van der Waals surface area contributed by atoms with Crippen molar-refractivity contribution in [1.29, 1.82) is 0 Å². The highest BCUT2D eigenvalue weighted by molar-refractivity contribution is 8.13. The number of benzene rings is 1. The van der Waals surface area contributed by atoms with Crippen LogP contribution in [-0.2, 0) is 0 Å². The van der Waals surface area contributed by atoms with Crippen LogP contribution in [0.25, 0.3) is 0 Å². The van der Waals surface area contributed by atoms with Gasteiger partial charge in [-0.15, -0.1) is 0 Å². The number of rotatable bonds is 3. The van der Waals surface area contributed by atoms with Gasteiger partial charge in [0.15, 0.2) is 5.17 Å². The van der Waals surface area contributed by atoms with Gasteiger partial charge in [0.1, 0.15) is 0 Å². The second kappa shape index (κ2) is 6.78. The van der Waals surface area contributed by atoms with E-state index in [0.29, 0.717) is 6.04 Å². The summed E-state index contributed by atoms with van der Waals surface area (Å²) in [4.78, 5) is 4.40. The minimum Gasteiger partial charge on any atom is -0.348 e. The van der Waals surface area contributed by atoms with Crippen LogP contribution >= 0.6 is 11.8 Å². The largest absolute Gasteiger partial charge is 0.348 e. The lowest BCUT2D eigenvalue weighted by atomic mass is 10.0. The van der Waals surface area contributed by atoms with E-state index in [1.54, 1.807) is 11.8 Å². The van der Waals surface area contributed by atoms with Crippen molar-refractivity contribution in [2.45, 2.75) is 25.6 Å². The number of hydrogen-bond donors (Lipinski definition) is 3. The van der Waals surface area contributed by atoms with Crippen molar-refractivity contribution in [2.75, 3.05) is 12.8 Å². The van der Waals surface area contributed by atoms with Gasteiger partial charge < -0.3 is 5.32 Å². The number of thioether (sulfide) groups is 1. The first-order valence-electron chi connectivity index (χ1n) is 6.24. The molecule has 1 aliphatic heterocycles. The normalized spacial score (nSPS) is 24.2. The predicted molar refractivity (Wildman–Crippen MR) is 78.5 cm³/mol. The molecule has 0 radical (unpaired) electrons. The van der Waals surface area contributed by atoms with Crippen molar-refractivity contribution < 1.29 is 0 Å². The SMILES string of the molecule is CCN=C(NC1CC(c2ccccc2)NN1)SC. The van der Waals surface area contributed by atoms with Crippen LogP contribution in [0, 0.1) is 0 Å². The van der Waals surface area contributed by atoms with Crippen LogP contribution in [0.4, 0.5) is 0 Å². The van der Waals surface area contributed by atoms with Gasteiger partial charge in [-0.2, -0.15) is 0 Å². The molecule has 0 spiro atoms. The molecule has 0 aliphatic carbocycles. The third-order valence-corrected chi connectivity index (χ3v) is 3.53. The zero-order chi connectivity index (χ0) is 12.8. The van der Waals surface area contributed by atoms with Gasteiger partial charge in [-0.25, -0.2) is 10.9 Å². The summed E-state index contributed by atoms with van der Waals surface area (Å²) in [5, 5.41) is 4.40. The van der Waals surface area contributed by atoms with Crippen LogP contribution in [0.3, 0.4) is 0 Å². The molecule has 1 aromatic carbocycles. The Morgan fingerprint density at radius 2 is 2.17 bits per heavy atom. The minimum atomic E-state index is 0.230. The zero-order valence-corrected chi connectivity index (χ0v) is 11.6. The van der Waals surface area contributed by atoms with E-state index in [0.717, 1.165) is 18.1 Å². The van der Waals surface area contributed by atoms with E-state index in [4.69, 9.17) is 0 Å². The average Bonchev–Trinajstić information content (AvgIpc) is 2.88. The van der Waals surface area contributed by atoms with Crippen molar-refractivity contribution in [3.05, 3.63) is 35.9 Å². The first-order chi connectivity index (χ1) is 8.83. The molecule has 0 amide bonds. The van der Waals surface area contributed by atoms with Gasteiger partial charge in [-0.05, 0) is 18.7 Å². The van der Waals surface area contributed by atoms with E-state index in [1.807, 2.05) is 19.2 Å². The number of hydrogen-bond acceptors (Lipinski definition) is 4. The Balaban J connectivity index is 1.91. The summed E-state index contributed by atoms with van der Waals surface area (Å²) in [5.41, 5.74) is 7.90. The fourth-order valence-electron chi connectivity index (χ4n) is 2.02. The van der Waals surface area contributed by atoms with Gasteiger partial charge in [-0.3, -0.25) is 4.99 Å². The molecule has 5 heteroatoms. The molecule has 1 aromatic rings. The molecule has 3 N–H and O–H groups in total. The number of aliphatic imine (C=N–C) groups is 1. The number of nitrogens with one attached hydrogen (secondary N) is 3. The molecule has 1 saturated heterocycles. The molecule has 0 saturated carbocycles. The first kappa shape index (κ1) is 13.4. The summed E-state index contributed by atoms with van der Waals surface area (Å²) < 4.78 is 0. The minimum absolute atomic E-state index is 0.230. The maximum atomic E-state index is 4.40. The molecule has 18 heavy (non-hydrogen) atoms. The summed E-state index contributed by atoms with van der Waals surface area (Å²) in [6.07, 6.45) is 3.28. The molecular weight excluding hydrogens is 244 g/mol. The van der Waals surface area contributed by atoms with Gasteiger partial charge >= 0.3 is 0 Å². The van der Waals surface area contributed by atoms with Crippen LogP contribution in [0.15, 0.2) is 35.3 Å². The van der Waals surface area contributed by atoms with Crippen LogP contribution in [0.5, 0.6) is 0 Å². The Labute approximate surface area is 113 Å². The molecule has 2 unspecified atom stereocenters. The molecule has 2 atom stereocenters. The third-order valence-electron chi connectivity index (χ3n) is 2.90. The first-order valence-corrected chi connectivity index (χ1v) is 7.47. The lowest BCUT2D eigenvalue weighted by Crippen LogP contribution is -2.43. The topological polar surface area (TPSA) is 48.5 Å².